The summed E-state index contributed by atoms with van der Waals surface area (Å²) in [7, 11) is 1.53. The van der Waals surface area contributed by atoms with Crippen molar-refractivity contribution in [2.75, 3.05) is 12.0 Å². The van der Waals surface area contributed by atoms with Crippen LogP contribution in [0.1, 0.15) is 11.1 Å². The number of hydrogen-bond donors (Lipinski definition) is 0. The van der Waals surface area contributed by atoms with Gasteiger partial charge in [0.15, 0.2) is 15.8 Å². The van der Waals surface area contributed by atoms with Crippen LogP contribution in [0.5, 0.6) is 11.5 Å². The van der Waals surface area contributed by atoms with Gasteiger partial charge in [0.1, 0.15) is 12.4 Å². The molecule has 0 unspecified atom stereocenters. The fourth-order valence-corrected chi connectivity index (χ4v) is 4.91. The summed E-state index contributed by atoms with van der Waals surface area (Å²) in [6.07, 6.45) is 1.71. The maximum Gasteiger partial charge on any atom is 0.270 e. The van der Waals surface area contributed by atoms with Crippen LogP contribution in [0.4, 0.5) is 10.1 Å². The number of halogens is 3. The van der Waals surface area contributed by atoms with Gasteiger partial charge in [-0.15, -0.1) is 0 Å². The largest absolute Gasteiger partial charge is 0.493 e. The second kappa shape index (κ2) is 10.1. The number of thioether (sulfide) groups is 1. The highest BCUT2D eigenvalue weighted by atomic mass is 35.5. The molecular weight excluding hydrogens is 504 g/mol. The van der Waals surface area contributed by atoms with Crippen LogP contribution in [-0.2, 0) is 11.4 Å². The van der Waals surface area contributed by atoms with E-state index in [0.717, 1.165) is 22.9 Å². The third-order valence-electron chi connectivity index (χ3n) is 4.74. The van der Waals surface area contributed by atoms with E-state index in [1.165, 1.54) is 30.2 Å². The summed E-state index contributed by atoms with van der Waals surface area (Å²) in [5.41, 5.74) is 1.90. The Morgan fingerprint density at radius 1 is 1.09 bits per heavy atom. The van der Waals surface area contributed by atoms with Crippen molar-refractivity contribution in [1.29, 1.82) is 0 Å². The Kier molecular flexibility index (Phi) is 7.24. The quantitative estimate of drug-likeness (QED) is 0.256. The topological polar surface area (TPSA) is 38.8 Å². The Labute approximate surface area is 209 Å². The predicted octanol–water partition coefficient (Wildman–Crippen LogP) is 7.13. The highest BCUT2D eigenvalue weighted by Crippen LogP contribution is 2.37. The van der Waals surface area contributed by atoms with Crippen molar-refractivity contribution in [3.63, 3.8) is 0 Å². The van der Waals surface area contributed by atoms with Crippen LogP contribution in [0.15, 0.2) is 65.6 Å². The van der Waals surface area contributed by atoms with Crippen LogP contribution in [-0.4, -0.2) is 17.3 Å². The van der Waals surface area contributed by atoms with Gasteiger partial charge in [-0.3, -0.25) is 9.69 Å². The Morgan fingerprint density at radius 3 is 2.64 bits per heavy atom. The molecule has 0 N–H and O–H groups in total. The predicted molar refractivity (Wildman–Crippen MR) is 136 cm³/mol. The molecule has 1 aliphatic rings. The molecule has 4 rings (SSSR count). The number of anilines is 1. The molecule has 1 saturated heterocycles. The standard InChI is InChI=1S/C24H16Cl2FNO3S2/c1-30-21-9-14(5-8-20(21)31-13-15-6-7-16(25)11-19(15)26)10-22-23(29)28(24(32)33-22)18-4-2-3-17(27)12-18/h2-12H,13H2,1H3/b22-10+. The number of nitrogens with zero attached hydrogens (tertiary/aromatic N) is 1. The molecule has 0 aliphatic carbocycles. The molecule has 3 aromatic rings. The van der Waals surface area contributed by atoms with E-state index in [9.17, 15) is 9.18 Å². The lowest BCUT2D eigenvalue weighted by atomic mass is 10.1. The zero-order valence-corrected chi connectivity index (χ0v) is 20.3. The van der Waals surface area contributed by atoms with E-state index in [2.05, 4.69) is 0 Å². The monoisotopic (exact) mass is 519 g/mol. The van der Waals surface area contributed by atoms with E-state index in [-0.39, 0.29) is 12.5 Å². The molecular formula is C24H16Cl2FNO3S2. The van der Waals surface area contributed by atoms with Gasteiger partial charge in [-0.2, -0.15) is 0 Å². The lowest BCUT2D eigenvalue weighted by molar-refractivity contribution is -0.113. The molecule has 1 fully saturated rings. The average molecular weight is 520 g/mol. The first kappa shape index (κ1) is 23.6. The normalized spacial score (nSPS) is 14.8. The highest BCUT2D eigenvalue weighted by molar-refractivity contribution is 8.27. The molecule has 0 radical (unpaired) electrons. The number of benzene rings is 3. The first-order valence-electron chi connectivity index (χ1n) is 9.64. The third kappa shape index (κ3) is 5.33. The van der Waals surface area contributed by atoms with Crippen molar-refractivity contribution in [1.82, 2.24) is 0 Å². The SMILES string of the molecule is COc1cc(/C=C2/SC(=S)N(c3cccc(F)c3)C2=O)ccc1OCc1ccc(Cl)cc1Cl. The van der Waals surface area contributed by atoms with Gasteiger partial charge in [0.25, 0.3) is 5.91 Å². The molecule has 9 heteroatoms. The number of carbonyl (C=O) groups excluding carboxylic acids is 1. The van der Waals surface area contributed by atoms with E-state index in [1.54, 1.807) is 48.5 Å². The van der Waals surface area contributed by atoms with Gasteiger partial charge in [0.05, 0.1) is 17.7 Å². The molecule has 0 saturated carbocycles. The van der Waals surface area contributed by atoms with Gasteiger partial charge in [0.2, 0.25) is 0 Å². The minimum Gasteiger partial charge on any atom is -0.493 e. The van der Waals surface area contributed by atoms with Crippen LogP contribution in [0.2, 0.25) is 10.0 Å². The lowest BCUT2D eigenvalue weighted by Gasteiger charge is -2.14. The minimum absolute atomic E-state index is 0.234. The summed E-state index contributed by atoms with van der Waals surface area (Å²) in [5.74, 6) is 0.264. The number of rotatable bonds is 6. The number of hydrogen-bond acceptors (Lipinski definition) is 5. The summed E-state index contributed by atoms with van der Waals surface area (Å²) in [4.78, 5) is 14.7. The highest BCUT2D eigenvalue weighted by Gasteiger charge is 2.33. The molecule has 0 spiro atoms. The van der Waals surface area contributed by atoms with Crippen LogP contribution in [0, 0.1) is 5.82 Å². The van der Waals surface area contributed by atoms with Gasteiger partial charge in [-0.05, 0) is 54.1 Å². The van der Waals surface area contributed by atoms with Crippen molar-refractivity contribution in [2.45, 2.75) is 6.61 Å². The third-order valence-corrected chi connectivity index (χ3v) is 6.63. The van der Waals surface area contributed by atoms with Crippen LogP contribution in [0.25, 0.3) is 6.08 Å². The summed E-state index contributed by atoms with van der Waals surface area (Å²) in [5, 5.41) is 1.06. The van der Waals surface area contributed by atoms with E-state index >= 15 is 0 Å². The zero-order valence-electron chi connectivity index (χ0n) is 17.2. The van der Waals surface area contributed by atoms with Crippen molar-refractivity contribution in [3.8, 4) is 11.5 Å². The Morgan fingerprint density at radius 2 is 1.91 bits per heavy atom. The van der Waals surface area contributed by atoms with Crippen molar-refractivity contribution < 1.29 is 18.7 Å². The van der Waals surface area contributed by atoms with Gasteiger partial charge < -0.3 is 9.47 Å². The lowest BCUT2D eigenvalue weighted by Crippen LogP contribution is -2.27. The molecule has 33 heavy (non-hydrogen) atoms. The van der Waals surface area contributed by atoms with Gasteiger partial charge >= 0.3 is 0 Å². The number of methoxy groups -OCH3 is 1. The summed E-state index contributed by atoms with van der Waals surface area (Å²) in [6.45, 7) is 0.234. The number of carbonyl (C=O) groups is 1. The van der Waals surface area contributed by atoms with Gasteiger partial charge in [-0.25, -0.2) is 4.39 Å². The van der Waals surface area contributed by atoms with Gasteiger partial charge in [-0.1, -0.05) is 65.4 Å². The van der Waals surface area contributed by atoms with E-state index < -0.39 is 5.82 Å². The molecule has 3 aromatic carbocycles. The molecule has 1 heterocycles. The molecule has 1 amide bonds. The molecule has 0 atom stereocenters. The number of amides is 1. The second-order valence-electron chi connectivity index (χ2n) is 6.93. The molecule has 0 aromatic heterocycles. The second-order valence-corrected chi connectivity index (χ2v) is 9.45. The average Bonchev–Trinajstić information content (AvgIpc) is 3.06. The fraction of sp³-hybridized carbons (Fsp3) is 0.0833. The van der Waals surface area contributed by atoms with E-state index in [0.29, 0.717) is 36.5 Å². The minimum atomic E-state index is -0.439. The first-order valence-corrected chi connectivity index (χ1v) is 11.6. The summed E-state index contributed by atoms with van der Waals surface area (Å²) in [6, 6.07) is 16.3. The Hall–Kier alpha value is -2.58. The molecule has 0 bridgehead atoms. The Balaban J connectivity index is 1.54. The van der Waals surface area contributed by atoms with E-state index in [4.69, 9.17) is 44.9 Å². The molecule has 1 aliphatic heterocycles. The smallest absolute Gasteiger partial charge is 0.270 e. The Bertz CT molecular complexity index is 1280. The van der Waals surface area contributed by atoms with Crippen molar-refractivity contribution in [2.24, 2.45) is 0 Å². The van der Waals surface area contributed by atoms with Crippen molar-refractivity contribution in [3.05, 3.63) is 92.6 Å². The van der Waals surface area contributed by atoms with Crippen LogP contribution < -0.4 is 14.4 Å². The summed E-state index contributed by atoms with van der Waals surface area (Å²) < 4.78 is 25.3. The zero-order chi connectivity index (χ0) is 23.5. The molecule has 168 valence electrons. The maximum atomic E-state index is 13.6. The fourth-order valence-electron chi connectivity index (χ4n) is 3.14. The van der Waals surface area contributed by atoms with Crippen molar-refractivity contribution >= 4 is 69.2 Å². The summed E-state index contributed by atoms with van der Waals surface area (Å²) >= 11 is 18.6. The maximum absolute atomic E-state index is 13.6. The number of thiocarbonyl (C=S) groups is 1. The molecule has 4 nitrogen and oxygen atoms in total. The van der Waals surface area contributed by atoms with E-state index in [1.807, 2.05) is 0 Å². The first-order chi connectivity index (χ1) is 15.9. The van der Waals surface area contributed by atoms with Crippen LogP contribution >= 0.6 is 47.2 Å². The number of ether oxygens (including phenoxy) is 2. The van der Waals surface area contributed by atoms with Crippen LogP contribution in [0.3, 0.4) is 0 Å². The van der Waals surface area contributed by atoms with Gasteiger partial charge in [0, 0.05) is 15.6 Å².